The molecule has 0 aliphatic heterocycles. The van der Waals surface area contributed by atoms with E-state index in [0.29, 0.717) is 5.41 Å². The van der Waals surface area contributed by atoms with Gasteiger partial charge in [0.25, 0.3) is 0 Å². The maximum atomic E-state index is 4.02. The van der Waals surface area contributed by atoms with Gasteiger partial charge >= 0.3 is 0 Å². The Morgan fingerprint density at radius 1 is 1.27 bits per heavy atom. The monoisotopic (exact) mass is 295 g/mol. The number of hydrogen-bond acceptors (Lipinski definition) is 1. The van der Waals surface area contributed by atoms with Crippen molar-refractivity contribution in [1.29, 1.82) is 0 Å². The van der Waals surface area contributed by atoms with Crippen LogP contribution in [0.4, 0.5) is 0 Å². The van der Waals surface area contributed by atoms with E-state index in [4.69, 9.17) is 0 Å². The lowest BCUT2D eigenvalue weighted by Gasteiger charge is -2.33. The van der Waals surface area contributed by atoms with Gasteiger partial charge in [0.2, 0.25) is 0 Å². The number of allylic oxidation sites excluding steroid dienone is 10. The number of hydrogen-bond donors (Lipinski definition) is 0. The van der Waals surface area contributed by atoms with Crippen LogP contribution in [0.2, 0.25) is 0 Å². The molecule has 0 saturated carbocycles. The van der Waals surface area contributed by atoms with Gasteiger partial charge in [0, 0.05) is 13.3 Å². The molecule has 0 bridgehead atoms. The van der Waals surface area contributed by atoms with Crippen molar-refractivity contribution in [2.45, 2.75) is 53.4 Å². The van der Waals surface area contributed by atoms with Crippen LogP contribution >= 0.6 is 0 Å². The molecule has 2 aliphatic rings. The largest absolute Gasteiger partial charge is 0.297 e. The van der Waals surface area contributed by atoms with Crippen LogP contribution in [-0.4, -0.2) is 13.3 Å². The Labute approximate surface area is 135 Å². The van der Waals surface area contributed by atoms with E-state index >= 15 is 0 Å². The molecule has 0 radical (unpaired) electrons. The summed E-state index contributed by atoms with van der Waals surface area (Å²) in [5.41, 5.74) is 7.54. The Morgan fingerprint density at radius 3 is 2.73 bits per heavy atom. The molecule has 1 nitrogen and oxygen atoms in total. The normalized spacial score (nSPS) is 26.0. The van der Waals surface area contributed by atoms with Gasteiger partial charge in [-0.3, -0.25) is 4.99 Å². The predicted molar refractivity (Wildman–Crippen MR) is 98.4 cm³/mol. The van der Waals surface area contributed by atoms with E-state index in [0.717, 1.165) is 6.42 Å². The number of rotatable bonds is 3. The molecule has 0 heterocycles. The topological polar surface area (TPSA) is 12.4 Å². The van der Waals surface area contributed by atoms with Crippen molar-refractivity contribution in [1.82, 2.24) is 0 Å². The zero-order chi connectivity index (χ0) is 16.2. The summed E-state index contributed by atoms with van der Waals surface area (Å²) in [5.74, 6) is 0. The summed E-state index contributed by atoms with van der Waals surface area (Å²) in [5, 5.41) is 0. The van der Waals surface area contributed by atoms with Crippen molar-refractivity contribution < 1.29 is 0 Å². The summed E-state index contributed by atoms with van der Waals surface area (Å²) in [6.45, 7) is 9.26. The first kappa shape index (κ1) is 16.7. The number of aliphatic imine (C=N–C) groups is 1. The van der Waals surface area contributed by atoms with Gasteiger partial charge in [-0.05, 0) is 73.3 Å². The molecule has 0 aromatic rings. The summed E-state index contributed by atoms with van der Waals surface area (Å²) in [7, 11) is 1.81. The zero-order valence-electron chi connectivity index (χ0n) is 14.7. The SMILES string of the molecule is CN=C/C=C1C=C/C(=C(C)\C=C\C2=C(C)CCCC2(C)C)C\1. The highest BCUT2D eigenvalue weighted by atomic mass is 14.6. The second-order valence-electron chi connectivity index (χ2n) is 7.13. The van der Waals surface area contributed by atoms with Gasteiger partial charge in [-0.2, -0.15) is 0 Å². The van der Waals surface area contributed by atoms with Crippen molar-refractivity contribution >= 4 is 6.21 Å². The highest BCUT2D eigenvalue weighted by Gasteiger charge is 2.26. The lowest BCUT2D eigenvalue weighted by atomic mass is 9.72. The molecular formula is C21H29N. The summed E-state index contributed by atoms with van der Waals surface area (Å²) in [6, 6.07) is 0. The van der Waals surface area contributed by atoms with Crippen molar-refractivity contribution in [2.75, 3.05) is 7.05 Å². The first-order chi connectivity index (χ1) is 10.4. The van der Waals surface area contributed by atoms with Crippen LogP contribution in [0.25, 0.3) is 0 Å². The van der Waals surface area contributed by atoms with Crippen LogP contribution < -0.4 is 0 Å². The van der Waals surface area contributed by atoms with Crippen molar-refractivity contribution in [3.63, 3.8) is 0 Å². The van der Waals surface area contributed by atoms with Gasteiger partial charge in [0.1, 0.15) is 0 Å². The molecule has 22 heavy (non-hydrogen) atoms. The molecule has 0 unspecified atom stereocenters. The van der Waals surface area contributed by atoms with Gasteiger partial charge < -0.3 is 0 Å². The smallest absolute Gasteiger partial charge is 0.0277 e. The van der Waals surface area contributed by atoms with Gasteiger partial charge in [-0.25, -0.2) is 0 Å². The van der Waals surface area contributed by atoms with E-state index in [2.05, 4.69) is 63.1 Å². The van der Waals surface area contributed by atoms with Crippen LogP contribution in [0.3, 0.4) is 0 Å². The van der Waals surface area contributed by atoms with E-state index in [-0.39, 0.29) is 0 Å². The maximum absolute atomic E-state index is 4.02. The fourth-order valence-corrected chi connectivity index (χ4v) is 3.43. The first-order valence-corrected chi connectivity index (χ1v) is 8.31. The fourth-order valence-electron chi connectivity index (χ4n) is 3.43. The van der Waals surface area contributed by atoms with Crippen molar-refractivity contribution in [2.24, 2.45) is 10.4 Å². The Bertz CT molecular complexity index is 604. The Morgan fingerprint density at radius 2 is 2.05 bits per heavy atom. The second kappa shape index (κ2) is 7.09. The van der Waals surface area contributed by atoms with Crippen molar-refractivity contribution in [3.05, 3.63) is 58.2 Å². The van der Waals surface area contributed by atoms with Crippen LogP contribution in [0.5, 0.6) is 0 Å². The Balaban J connectivity index is 2.17. The molecule has 2 rings (SSSR count). The molecule has 2 aliphatic carbocycles. The van der Waals surface area contributed by atoms with Crippen LogP contribution in [-0.2, 0) is 0 Å². The summed E-state index contributed by atoms with van der Waals surface area (Å²) in [4.78, 5) is 4.02. The third-order valence-corrected chi connectivity index (χ3v) is 4.88. The first-order valence-electron chi connectivity index (χ1n) is 8.31. The quantitative estimate of drug-likeness (QED) is 0.568. The van der Waals surface area contributed by atoms with Crippen molar-refractivity contribution in [3.8, 4) is 0 Å². The van der Waals surface area contributed by atoms with Crippen LogP contribution in [0.15, 0.2) is 63.2 Å². The summed E-state index contributed by atoms with van der Waals surface area (Å²) >= 11 is 0. The summed E-state index contributed by atoms with van der Waals surface area (Å²) in [6.07, 6.45) is 18.0. The Kier molecular flexibility index (Phi) is 5.39. The van der Waals surface area contributed by atoms with E-state index < -0.39 is 0 Å². The van der Waals surface area contributed by atoms with E-state index in [9.17, 15) is 0 Å². The maximum Gasteiger partial charge on any atom is 0.0277 e. The molecule has 0 amide bonds. The van der Waals surface area contributed by atoms with Gasteiger partial charge in [0.05, 0.1) is 0 Å². The Hall–Kier alpha value is -1.63. The zero-order valence-corrected chi connectivity index (χ0v) is 14.7. The minimum Gasteiger partial charge on any atom is -0.297 e. The molecule has 1 heteroatoms. The molecular weight excluding hydrogens is 266 g/mol. The molecule has 0 atom stereocenters. The fraction of sp³-hybridized carbons (Fsp3) is 0.476. The van der Waals surface area contributed by atoms with Crippen LogP contribution in [0.1, 0.15) is 53.4 Å². The van der Waals surface area contributed by atoms with Crippen LogP contribution in [0, 0.1) is 5.41 Å². The molecule has 0 fully saturated rings. The third-order valence-electron chi connectivity index (χ3n) is 4.88. The molecule has 0 N–H and O–H groups in total. The molecule has 0 saturated heterocycles. The van der Waals surface area contributed by atoms with Gasteiger partial charge in [-0.15, -0.1) is 0 Å². The third kappa shape index (κ3) is 3.97. The van der Waals surface area contributed by atoms with Gasteiger partial charge in [0.15, 0.2) is 0 Å². The van der Waals surface area contributed by atoms with Gasteiger partial charge in [-0.1, -0.05) is 43.7 Å². The minimum absolute atomic E-state index is 0.317. The lowest BCUT2D eigenvalue weighted by molar-refractivity contribution is 0.377. The minimum atomic E-state index is 0.317. The number of nitrogens with zero attached hydrogens (tertiary/aromatic N) is 1. The molecule has 118 valence electrons. The van der Waals surface area contributed by atoms with E-state index in [1.807, 2.05) is 13.3 Å². The average Bonchev–Trinajstić information content (AvgIpc) is 2.92. The highest BCUT2D eigenvalue weighted by molar-refractivity contribution is 5.73. The molecule has 0 aromatic heterocycles. The average molecular weight is 295 g/mol. The predicted octanol–water partition coefficient (Wildman–Crippen LogP) is 5.97. The second-order valence-corrected chi connectivity index (χ2v) is 7.13. The lowest BCUT2D eigenvalue weighted by Crippen LogP contribution is -2.19. The molecule has 0 spiro atoms. The standard InChI is InChI=1S/C21H29N/c1-16(19-10-9-18(15-19)12-14-22-5)8-11-20-17(2)7-6-13-21(20,3)4/h8-12,14H,6-7,13,15H2,1-5H3/b11-8+,18-12+,19-16+,22-14?. The molecule has 0 aromatic carbocycles. The highest BCUT2D eigenvalue weighted by Crippen LogP contribution is 2.41. The van der Waals surface area contributed by atoms with E-state index in [1.54, 1.807) is 5.57 Å². The van der Waals surface area contributed by atoms with E-state index in [1.165, 1.54) is 41.6 Å². The summed E-state index contributed by atoms with van der Waals surface area (Å²) < 4.78 is 0.